The number of amides is 2. The van der Waals surface area contributed by atoms with Crippen LogP contribution >= 0.6 is 12.4 Å². The zero-order valence-electron chi connectivity index (χ0n) is 20.2. The number of benzene rings is 1. The van der Waals surface area contributed by atoms with Crippen molar-refractivity contribution in [2.45, 2.75) is 50.9 Å². The summed E-state index contributed by atoms with van der Waals surface area (Å²) in [5.74, 6) is -4.14. The Morgan fingerprint density at radius 1 is 1.27 bits per heavy atom. The molecule has 0 saturated heterocycles. The topological polar surface area (TPSA) is 135 Å². The van der Waals surface area contributed by atoms with E-state index >= 15 is 0 Å². The molecule has 1 fully saturated rings. The highest BCUT2D eigenvalue weighted by atomic mass is 35.5. The van der Waals surface area contributed by atoms with Crippen molar-refractivity contribution in [3.63, 3.8) is 0 Å². The summed E-state index contributed by atoms with van der Waals surface area (Å²) in [6.07, 6.45) is 1.68. The first-order valence-electron chi connectivity index (χ1n) is 11.1. The maximum Gasteiger partial charge on any atom is 0.274 e. The van der Waals surface area contributed by atoms with Crippen LogP contribution in [-0.2, 0) is 26.4 Å². The van der Waals surface area contributed by atoms with E-state index in [2.05, 4.69) is 5.32 Å². The molecular formula is C23H26ClF2N3O7S. The van der Waals surface area contributed by atoms with E-state index in [4.69, 9.17) is 4.18 Å². The monoisotopic (exact) mass is 561 g/mol. The third-order valence-electron chi connectivity index (χ3n) is 6.47. The zero-order chi connectivity index (χ0) is 26.6. The largest absolute Gasteiger partial charge is 0.503 e. The first-order valence-corrected chi connectivity index (χ1v) is 12.9. The van der Waals surface area contributed by atoms with Crippen LogP contribution in [0.25, 0.3) is 0 Å². The van der Waals surface area contributed by atoms with Gasteiger partial charge in [-0.05, 0) is 19.9 Å². The molecule has 1 aromatic carbocycles. The molecular weight excluding hydrogens is 536 g/mol. The van der Waals surface area contributed by atoms with Gasteiger partial charge in [0.25, 0.3) is 21.9 Å². The van der Waals surface area contributed by atoms with Gasteiger partial charge in [0, 0.05) is 49.8 Å². The van der Waals surface area contributed by atoms with Gasteiger partial charge in [-0.2, -0.15) is 8.42 Å². The predicted molar refractivity (Wildman–Crippen MR) is 130 cm³/mol. The number of halogens is 3. The number of pyridine rings is 1. The summed E-state index contributed by atoms with van der Waals surface area (Å²) in [7, 11) is -3.74. The van der Waals surface area contributed by atoms with Crippen molar-refractivity contribution in [2.75, 3.05) is 12.8 Å². The number of nitrogens with zero attached hydrogens (tertiary/aromatic N) is 2. The number of hydrogen-bond donors (Lipinski definition) is 2. The number of rotatable bonds is 6. The number of aromatic hydroxyl groups is 1. The molecule has 1 aliphatic carbocycles. The second kappa shape index (κ2) is 10.0. The SMILES string of the molecule is CC(C)N1CC2(CC(OS(C)(=O)=O)C2)n2cc(C(=O)NCc3ccc(F)cc3F)c(=O)c(O)c2C1=O.Cl. The molecule has 4 rings (SSSR count). The van der Waals surface area contributed by atoms with E-state index in [0.29, 0.717) is 6.07 Å². The number of hydrogen-bond acceptors (Lipinski definition) is 7. The normalized spacial score (nSPS) is 20.9. The van der Waals surface area contributed by atoms with E-state index < -0.39 is 62.0 Å². The Kier molecular flexibility index (Phi) is 7.73. The Labute approximate surface area is 217 Å². The zero-order valence-corrected chi connectivity index (χ0v) is 21.8. The lowest BCUT2D eigenvalue weighted by molar-refractivity contribution is -0.0379. The Balaban J connectivity index is 0.00000380. The van der Waals surface area contributed by atoms with Gasteiger partial charge in [0.15, 0.2) is 11.4 Å². The van der Waals surface area contributed by atoms with E-state index in [-0.39, 0.29) is 55.6 Å². The third-order valence-corrected chi connectivity index (χ3v) is 7.09. The number of carbonyl (C=O) groups excluding carboxylic acids is 2. The van der Waals surface area contributed by atoms with Crippen molar-refractivity contribution >= 4 is 34.3 Å². The molecule has 2 aliphatic rings. The van der Waals surface area contributed by atoms with E-state index in [1.807, 2.05) is 0 Å². The molecule has 1 spiro atoms. The van der Waals surface area contributed by atoms with Gasteiger partial charge in [0.05, 0.1) is 17.9 Å². The van der Waals surface area contributed by atoms with Crippen LogP contribution in [0.5, 0.6) is 5.75 Å². The van der Waals surface area contributed by atoms with Gasteiger partial charge < -0.3 is 19.9 Å². The molecule has 1 aliphatic heterocycles. The van der Waals surface area contributed by atoms with Gasteiger partial charge >= 0.3 is 0 Å². The second-order valence-electron chi connectivity index (χ2n) is 9.44. The summed E-state index contributed by atoms with van der Waals surface area (Å²) in [6, 6.07) is 2.53. The number of fused-ring (bicyclic) bond motifs is 2. The van der Waals surface area contributed by atoms with Crippen LogP contribution in [0.2, 0.25) is 0 Å². The van der Waals surface area contributed by atoms with Gasteiger partial charge in [0.1, 0.15) is 17.2 Å². The van der Waals surface area contributed by atoms with Crippen molar-refractivity contribution in [2.24, 2.45) is 0 Å². The molecule has 0 unspecified atom stereocenters. The van der Waals surface area contributed by atoms with Gasteiger partial charge in [-0.3, -0.25) is 18.6 Å². The van der Waals surface area contributed by atoms with Crippen LogP contribution in [0.4, 0.5) is 8.78 Å². The lowest BCUT2D eigenvalue weighted by Crippen LogP contribution is -2.63. The minimum atomic E-state index is -3.74. The number of nitrogens with one attached hydrogen (secondary N) is 1. The highest BCUT2D eigenvalue weighted by Gasteiger charge is 2.54. The van der Waals surface area contributed by atoms with Crippen molar-refractivity contribution in [1.29, 1.82) is 0 Å². The molecule has 2 N–H and O–H groups in total. The maximum atomic E-state index is 13.9. The standard InChI is InChI=1S/C23H25F2N3O7S.ClH/c1-12(2)27-11-23(7-15(8-23)35-36(3,33)34)28-10-16(19(29)20(30)18(28)22(27)32)21(31)26-9-13-4-5-14(24)6-17(13)25;/h4-6,10,12,15,30H,7-9,11H2,1-3H3,(H,26,31);1H. The molecule has 0 atom stereocenters. The summed E-state index contributed by atoms with van der Waals surface area (Å²) in [5.41, 5.74) is -2.83. The average Bonchev–Trinajstić information content (AvgIpc) is 2.74. The van der Waals surface area contributed by atoms with Crippen LogP contribution < -0.4 is 10.7 Å². The van der Waals surface area contributed by atoms with Crippen LogP contribution in [0.1, 0.15) is 53.1 Å². The summed E-state index contributed by atoms with van der Waals surface area (Å²) >= 11 is 0. The first-order chi connectivity index (χ1) is 16.7. The molecule has 2 aromatic rings. The van der Waals surface area contributed by atoms with Gasteiger partial charge in [-0.1, -0.05) is 6.07 Å². The van der Waals surface area contributed by atoms with Gasteiger partial charge in [0.2, 0.25) is 5.43 Å². The van der Waals surface area contributed by atoms with E-state index in [9.17, 15) is 36.7 Å². The molecule has 2 heterocycles. The molecule has 0 radical (unpaired) electrons. The molecule has 14 heteroatoms. The van der Waals surface area contributed by atoms with Gasteiger partial charge in [-0.25, -0.2) is 8.78 Å². The number of carbonyl (C=O) groups is 2. The highest BCUT2D eigenvalue weighted by Crippen LogP contribution is 2.46. The molecule has 1 saturated carbocycles. The second-order valence-corrected chi connectivity index (χ2v) is 11.0. The Morgan fingerprint density at radius 3 is 2.49 bits per heavy atom. The molecule has 202 valence electrons. The van der Waals surface area contributed by atoms with E-state index in [1.165, 1.54) is 9.47 Å². The molecule has 37 heavy (non-hydrogen) atoms. The fraction of sp³-hybridized carbons (Fsp3) is 0.435. The van der Waals surface area contributed by atoms with Crippen LogP contribution in [0, 0.1) is 11.6 Å². The Morgan fingerprint density at radius 2 is 1.92 bits per heavy atom. The first kappa shape index (κ1) is 28.5. The summed E-state index contributed by atoms with van der Waals surface area (Å²) in [4.78, 5) is 40.3. The highest BCUT2D eigenvalue weighted by molar-refractivity contribution is 7.86. The minimum Gasteiger partial charge on any atom is -0.503 e. The summed E-state index contributed by atoms with van der Waals surface area (Å²) < 4.78 is 56.6. The molecule has 1 aromatic heterocycles. The van der Waals surface area contributed by atoms with Crippen LogP contribution in [-0.4, -0.2) is 59.8 Å². The smallest absolute Gasteiger partial charge is 0.274 e. The van der Waals surface area contributed by atoms with E-state index in [1.54, 1.807) is 13.8 Å². The summed E-state index contributed by atoms with van der Waals surface area (Å²) in [5, 5.41) is 13.1. The Hall–Kier alpha value is -3.03. The minimum absolute atomic E-state index is 0. The van der Waals surface area contributed by atoms with Crippen molar-refractivity contribution in [3.05, 3.63) is 63.1 Å². The fourth-order valence-corrected chi connectivity index (χ4v) is 5.35. The van der Waals surface area contributed by atoms with Crippen LogP contribution in [0.15, 0.2) is 29.2 Å². The average molecular weight is 562 g/mol. The van der Waals surface area contributed by atoms with Gasteiger partial charge in [-0.15, -0.1) is 12.4 Å². The molecule has 10 nitrogen and oxygen atoms in total. The summed E-state index contributed by atoms with van der Waals surface area (Å²) in [6.45, 7) is 3.30. The third kappa shape index (κ3) is 5.34. The predicted octanol–water partition coefficient (Wildman–Crippen LogP) is 1.88. The van der Waals surface area contributed by atoms with E-state index in [0.717, 1.165) is 24.6 Å². The Bertz CT molecular complexity index is 1420. The fourth-order valence-electron chi connectivity index (χ4n) is 4.72. The molecule has 2 amide bonds. The van der Waals surface area contributed by atoms with Crippen molar-refractivity contribution in [1.82, 2.24) is 14.8 Å². The van der Waals surface area contributed by atoms with Crippen molar-refractivity contribution < 1.29 is 36.1 Å². The quantitative estimate of drug-likeness (QED) is 0.514. The lowest BCUT2D eigenvalue weighted by Gasteiger charge is -2.54. The number of aromatic nitrogens is 1. The lowest BCUT2D eigenvalue weighted by atomic mass is 9.71. The van der Waals surface area contributed by atoms with Crippen LogP contribution in [0.3, 0.4) is 0 Å². The van der Waals surface area contributed by atoms with Crippen molar-refractivity contribution in [3.8, 4) is 5.75 Å². The maximum absolute atomic E-state index is 13.9. The molecule has 0 bridgehead atoms.